The summed E-state index contributed by atoms with van der Waals surface area (Å²) in [6.07, 6.45) is 3.64. The molecule has 7 heteroatoms. The second-order valence-electron chi connectivity index (χ2n) is 9.78. The topological polar surface area (TPSA) is 78.5 Å². The van der Waals surface area contributed by atoms with Gasteiger partial charge in [0.15, 0.2) is 0 Å². The van der Waals surface area contributed by atoms with Gasteiger partial charge in [0.1, 0.15) is 0 Å². The molecular weight excluding hydrogens is 398 g/mol. The summed E-state index contributed by atoms with van der Waals surface area (Å²) in [7, 11) is -3.62. The lowest BCUT2D eigenvalue weighted by Crippen LogP contribution is -2.63. The molecule has 0 aromatic heterocycles. The van der Waals surface area contributed by atoms with E-state index in [1.807, 2.05) is 11.8 Å². The smallest absolute Gasteiger partial charge is 0.254 e. The molecule has 0 radical (unpaired) electrons. The highest BCUT2D eigenvalue weighted by atomic mass is 32.2. The number of carbonyl (C=O) groups is 1. The molecule has 0 aliphatic carbocycles. The Labute approximate surface area is 182 Å². The zero-order valence-electron chi connectivity index (χ0n) is 19.6. The number of benzene rings is 1. The van der Waals surface area contributed by atoms with Crippen molar-refractivity contribution >= 4 is 15.9 Å². The number of nitrogens with one attached hydrogen (secondary N) is 2. The number of sulfonamides is 1. The van der Waals surface area contributed by atoms with Gasteiger partial charge < -0.3 is 10.2 Å². The molecule has 30 heavy (non-hydrogen) atoms. The molecule has 1 aliphatic rings. The zero-order chi connectivity index (χ0) is 22.7. The second-order valence-corrected chi connectivity index (χ2v) is 11.6. The lowest BCUT2D eigenvalue weighted by Gasteiger charge is -2.49. The summed E-state index contributed by atoms with van der Waals surface area (Å²) in [5.41, 5.74) is 1.11. The first-order chi connectivity index (χ1) is 13.8. The first-order valence-electron chi connectivity index (χ1n) is 11.0. The fourth-order valence-corrected chi connectivity index (χ4v) is 5.76. The molecule has 1 amide bonds. The minimum absolute atomic E-state index is 0.0759. The molecule has 1 aliphatic heterocycles. The highest BCUT2D eigenvalue weighted by molar-refractivity contribution is 7.89. The summed E-state index contributed by atoms with van der Waals surface area (Å²) in [5.74, 6) is -0.0759. The molecule has 6 nitrogen and oxygen atoms in total. The Kier molecular flexibility index (Phi) is 7.75. The van der Waals surface area contributed by atoms with E-state index in [1.165, 1.54) is 6.07 Å². The fraction of sp³-hybridized carbons (Fsp3) is 0.696. The molecule has 2 rings (SSSR count). The summed E-state index contributed by atoms with van der Waals surface area (Å²) < 4.78 is 27.5. The number of carbonyl (C=O) groups excluding carboxylic acids is 1. The van der Waals surface area contributed by atoms with Crippen LogP contribution in [0.25, 0.3) is 0 Å². The number of hydrogen-bond donors (Lipinski definition) is 2. The third kappa shape index (κ3) is 6.05. The monoisotopic (exact) mass is 437 g/mol. The van der Waals surface area contributed by atoms with E-state index in [2.05, 4.69) is 44.7 Å². The third-order valence-electron chi connectivity index (χ3n) is 5.71. The van der Waals surface area contributed by atoms with Crippen molar-refractivity contribution in [3.8, 4) is 0 Å². The summed E-state index contributed by atoms with van der Waals surface area (Å²) in [4.78, 5) is 15.8. The standard InChI is InChI=1S/C23H39N3O3S/c1-8-10-13-26(18-15-22(4,5)25-23(6,7)16-18)21(27)20-14-19(12-11-17(20)3)30(28,29)24-9-2/h11-12,14,18,24-25H,8-10,13,15-16H2,1-7H3. The summed E-state index contributed by atoms with van der Waals surface area (Å²) in [5, 5.41) is 3.68. The Morgan fingerprint density at radius 2 is 1.77 bits per heavy atom. The average Bonchev–Trinajstić information content (AvgIpc) is 2.59. The number of amides is 1. The lowest BCUT2D eigenvalue weighted by atomic mass is 9.78. The molecule has 1 aromatic rings. The van der Waals surface area contributed by atoms with Crippen LogP contribution >= 0.6 is 0 Å². The van der Waals surface area contributed by atoms with Crippen LogP contribution in [0.2, 0.25) is 0 Å². The SMILES string of the molecule is CCCCN(C(=O)c1cc(S(=O)(=O)NCC)ccc1C)C1CC(C)(C)NC(C)(C)C1. The molecule has 0 bridgehead atoms. The molecule has 0 spiro atoms. The Balaban J connectivity index is 2.45. The predicted molar refractivity (Wildman–Crippen MR) is 122 cm³/mol. The van der Waals surface area contributed by atoms with Gasteiger partial charge in [-0.1, -0.05) is 26.3 Å². The first kappa shape index (κ1) is 24.8. The van der Waals surface area contributed by atoms with Crippen molar-refractivity contribution in [3.63, 3.8) is 0 Å². The largest absolute Gasteiger partial charge is 0.336 e. The molecule has 0 atom stereocenters. The Morgan fingerprint density at radius 1 is 1.17 bits per heavy atom. The van der Waals surface area contributed by atoms with Crippen LogP contribution in [-0.2, 0) is 10.0 Å². The molecule has 2 N–H and O–H groups in total. The van der Waals surface area contributed by atoms with Gasteiger partial charge in [0.2, 0.25) is 10.0 Å². The molecule has 1 saturated heterocycles. The van der Waals surface area contributed by atoms with E-state index < -0.39 is 10.0 Å². The van der Waals surface area contributed by atoms with Gasteiger partial charge in [-0.15, -0.1) is 0 Å². The van der Waals surface area contributed by atoms with E-state index in [9.17, 15) is 13.2 Å². The number of aryl methyl sites for hydroxylation is 1. The van der Waals surface area contributed by atoms with Gasteiger partial charge in [0, 0.05) is 35.8 Å². The van der Waals surface area contributed by atoms with Crippen LogP contribution in [0.4, 0.5) is 0 Å². The van der Waals surface area contributed by atoms with E-state index in [4.69, 9.17) is 0 Å². The second kappa shape index (κ2) is 9.37. The molecule has 1 heterocycles. The average molecular weight is 438 g/mol. The van der Waals surface area contributed by atoms with Crippen LogP contribution in [0.1, 0.15) is 83.1 Å². The van der Waals surface area contributed by atoms with E-state index in [0.717, 1.165) is 31.2 Å². The fourth-order valence-electron chi connectivity index (χ4n) is 4.69. The summed E-state index contributed by atoms with van der Waals surface area (Å²) in [6.45, 7) is 15.4. The highest BCUT2D eigenvalue weighted by Gasteiger charge is 2.41. The van der Waals surface area contributed by atoms with E-state index >= 15 is 0 Å². The zero-order valence-corrected chi connectivity index (χ0v) is 20.4. The molecule has 1 fully saturated rings. The predicted octanol–water partition coefficient (Wildman–Crippen LogP) is 3.84. The maximum atomic E-state index is 13.7. The van der Waals surface area contributed by atoms with Gasteiger partial charge in [-0.25, -0.2) is 13.1 Å². The van der Waals surface area contributed by atoms with Gasteiger partial charge in [-0.05, 0) is 71.6 Å². The van der Waals surface area contributed by atoms with Gasteiger partial charge in [-0.3, -0.25) is 4.79 Å². The highest BCUT2D eigenvalue weighted by Crippen LogP contribution is 2.33. The molecule has 1 aromatic carbocycles. The van der Waals surface area contributed by atoms with Crippen molar-refractivity contribution in [2.45, 2.75) is 96.2 Å². The number of piperidine rings is 1. The van der Waals surface area contributed by atoms with Gasteiger partial charge in [-0.2, -0.15) is 0 Å². The Hall–Kier alpha value is -1.44. The van der Waals surface area contributed by atoms with Crippen LogP contribution in [0.5, 0.6) is 0 Å². The van der Waals surface area contributed by atoms with Gasteiger partial charge >= 0.3 is 0 Å². The van der Waals surface area contributed by atoms with Crippen LogP contribution in [-0.4, -0.2) is 49.4 Å². The maximum Gasteiger partial charge on any atom is 0.254 e. The minimum atomic E-state index is -3.62. The Morgan fingerprint density at radius 3 is 2.30 bits per heavy atom. The molecule has 0 saturated carbocycles. The summed E-state index contributed by atoms with van der Waals surface area (Å²) in [6, 6.07) is 4.93. The minimum Gasteiger partial charge on any atom is -0.336 e. The number of unbranched alkanes of at least 4 members (excludes halogenated alkanes) is 1. The quantitative estimate of drug-likeness (QED) is 0.648. The van der Waals surface area contributed by atoms with Crippen LogP contribution < -0.4 is 10.0 Å². The van der Waals surface area contributed by atoms with Crippen molar-refractivity contribution in [2.75, 3.05) is 13.1 Å². The van der Waals surface area contributed by atoms with Crippen LogP contribution in [0.15, 0.2) is 23.1 Å². The maximum absolute atomic E-state index is 13.7. The van der Waals surface area contributed by atoms with Gasteiger partial charge in [0.25, 0.3) is 5.91 Å². The number of rotatable bonds is 8. The lowest BCUT2D eigenvalue weighted by molar-refractivity contribution is 0.0441. The van der Waals surface area contributed by atoms with Gasteiger partial charge in [0.05, 0.1) is 4.90 Å². The molecular formula is C23H39N3O3S. The van der Waals surface area contributed by atoms with Crippen LogP contribution in [0, 0.1) is 6.92 Å². The number of hydrogen-bond acceptors (Lipinski definition) is 4. The van der Waals surface area contributed by atoms with E-state index in [1.54, 1.807) is 19.1 Å². The van der Waals surface area contributed by atoms with Crippen molar-refractivity contribution < 1.29 is 13.2 Å². The van der Waals surface area contributed by atoms with E-state index in [0.29, 0.717) is 18.7 Å². The van der Waals surface area contributed by atoms with Crippen molar-refractivity contribution in [1.29, 1.82) is 0 Å². The van der Waals surface area contributed by atoms with E-state index in [-0.39, 0.29) is 27.9 Å². The van der Waals surface area contributed by atoms with Crippen molar-refractivity contribution in [3.05, 3.63) is 29.3 Å². The molecule has 0 unspecified atom stereocenters. The molecule has 170 valence electrons. The third-order valence-corrected chi connectivity index (χ3v) is 7.25. The normalized spacial score (nSPS) is 18.9. The first-order valence-corrected chi connectivity index (χ1v) is 12.5. The van der Waals surface area contributed by atoms with Crippen molar-refractivity contribution in [2.24, 2.45) is 0 Å². The van der Waals surface area contributed by atoms with Crippen LogP contribution in [0.3, 0.4) is 0 Å². The van der Waals surface area contributed by atoms with Crippen molar-refractivity contribution in [1.82, 2.24) is 14.9 Å². The number of nitrogens with zero attached hydrogens (tertiary/aromatic N) is 1. The summed E-state index contributed by atoms with van der Waals surface area (Å²) >= 11 is 0. The Bertz CT molecular complexity index is 846.